The van der Waals surface area contributed by atoms with Crippen LogP contribution in [0.4, 0.5) is 52.7 Å². The monoisotopic (exact) mass is 713 g/mol. The summed E-state index contributed by atoms with van der Waals surface area (Å²) in [5.41, 5.74) is -18.8. The third kappa shape index (κ3) is 11.9. The minimum absolute atomic E-state index is 0.0167. The van der Waals surface area contributed by atoms with E-state index in [9.17, 15) is 86.4 Å². The average Bonchev–Trinajstić information content (AvgIpc) is 3.18. The molecule has 1 heterocycles. The van der Waals surface area contributed by atoms with Gasteiger partial charge in [0.2, 0.25) is 0 Å². The maximum absolute atomic E-state index is 11.5. The summed E-state index contributed by atoms with van der Waals surface area (Å²) in [5, 5.41) is 0. The van der Waals surface area contributed by atoms with E-state index in [4.69, 9.17) is 5.73 Å². The van der Waals surface area contributed by atoms with Gasteiger partial charge in [0.05, 0.1) is 6.04 Å². The van der Waals surface area contributed by atoms with Crippen LogP contribution in [0.5, 0.6) is 0 Å². The molecule has 4 N–H and O–H groups in total. The number of halogens is 12. The van der Waals surface area contributed by atoms with Crippen molar-refractivity contribution in [3.05, 3.63) is 24.8 Å². The van der Waals surface area contributed by atoms with E-state index in [1.165, 1.54) is 0 Å². The lowest BCUT2D eigenvalue weighted by atomic mass is 10.2. The van der Waals surface area contributed by atoms with E-state index in [1.807, 2.05) is 17.7 Å². The Kier molecular flexibility index (Phi) is 13.4. The summed E-state index contributed by atoms with van der Waals surface area (Å²) in [6.45, 7) is 5.68. The first-order valence-corrected chi connectivity index (χ1v) is 14.9. The van der Waals surface area contributed by atoms with Crippen molar-refractivity contribution in [2.75, 3.05) is 0 Å². The Morgan fingerprint density at radius 1 is 0.756 bits per heavy atom. The highest BCUT2D eigenvalue weighted by Gasteiger charge is 2.56. The molecule has 0 fully saturated rings. The molecule has 29 heteroatoms. The van der Waals surface area contributed by atoms with Crippen LogP contribution in [0.15, 0.2) is 19.0 Å². The fourth-order valence-electron chi connectivity index (χ4n) is 1.43. The van der Waals surface area contributed by atoms with Crippen molar-refractivity contribution < 1.29 is 86.4 Å². The summed E-state index contributed by atoms with van der Waals surface area (Å²) in [7, 11) is -26.4. The van der Waals surface area contributed by atoms with Gasteiger partial charge in [-0.1, -0.05) is 21.8 Å². The molecule has 41 heavy (non-hydrogen) atoms. The van der Waals surface area contributed by atoms with Gasteiger partial charge in [-0.05, 0) is 6.42 Å². The number of aromatic nitrogens is 2. The van der Waals surface area contributed by atoms with Gasteiger partial charge in [-0.2, -0.15) is 52.7 Å². The predicted molar refractivity (Wildman–Crippen MR) is 112 cm³/mol. The SMILES string of the molecule is C=Cn1ccnc1C(N)CC.O=S(=O)(NS(=O)(=O)C(F)(F)F)C(F)(F)F.O=S(=O)(NS(=O)(=O)C(F)(F)F)C(F)(F)F. The molecule has 0 amide bonds. The molecule has 1 aromatic rings. The van der Waals surface area contributed by atoms with Gasteiger partial charge in [0.1, 0.15) is 5.82 Å². The van der Waals surface area contributed by atoms with Crippen LogP contribution >= 0.6 is 0 Å². The van der Waals surface area contributed by atoms with E-state index in [-0.39, 0.29) is 6.04 Å². The van der Waals surface area contributed by atoms with Gasteiger partial charge < -0.3 is 10.3 Å². The lowest BCUT2D eigenvalue weighted by Crippen LogP contribution is -2.45. The highest BCUT2D eigenvalue weighted by molar-refractivity contribution is 8.06. The Morgan fingerprint density at radius 2 is 1.02 bits per heavy atom. The first kappa shape index (κ1) is 40.9. The van der Waals surface area contributed by atoms with Gasteiger partial charge in [0, 0.05) is 18.6 Å². The van der Waals surface area contributed by atoms with Crippen LogP contribution in [0, 0.1) is 0 Å². The first-order chi connectivity index (χ1) is 17.7. The lowest BCUT2D eigenvalue weighted by molar-refractivity contribution is -0.0487. The van der Waals surface area contributed by atoms with E-state index in [1.54, 1.807) is 12.4 Å². The maximum Gasteiger partial charge on any atom is 0.512 e. The molecule has 0 spiro atoms. The molecule has 1 unspecified atom stereocenters. The van der Waals surface area contributed by atoms with Crippen molar-refractivity contribution in [3.63, 3.8) is 0 Å². The Bertz CT molecular complexity index is 1290. The minimum Gasteiger partial charge on any atom is -0.321 e. The molecule has 1 rings (SSSR count). The van der Waals surface area contributed by atoms with Crippen LogP contribution in [-0.2, 0) is 40.1 Å². The molecule has 1 atom stereocenters. The molecule has 0 aromatic carbocycles. The number of alkyl halides is 12. The minimum atomic E-state index is -6.60. The number of nitrogens with one attached hydrogen (secondary N) is 2. The average molecular weight is 714 g/mol. The highest BCUT2D eigenvalue weighted by atomic mass is 32.3. The van der Waals surface area contributed by atoms with Crippen molar-refractivity contribution in [2.24, 2.45) is 5.73 Å². The number of sulfonamides is 4. The summed E-state index contributed by atoms with van der Waals surface area (Å²) in [6, 6.07) is 0.0167. The normalized spacial score (nSPS) is 14.7. The second kappa shape index (κ2) is 13.4. The van der Waals surface area contributed by atoms with Gasteiger partial charge >= 0.3 is 62.1 Å². The fourth-order valence-corrected chi connectivity index (χ4v) is 5.25. The molecular weight excluding hydrogens is 698 g/mol. The molecule has 0 saturated carbocycles. The number of hydrogen-bond acceptors (Lipinski definition) is 10. The zero-order chi connectivity index (χ0) is 33.7. The molecule has 13 nitrogen and oxygen atoms in total. The van der Waals surface area contributed by atoms with E-state index >= 15 is 0 Å². The number of nitrogens with zero attached hydrogens (tertiary/aromatic N) is 2. The molecule has 0 bridgehead atoms. The summed E-state index contributed by atoms with van der Waals surface area (Å²) < 4.78 is 218. The van der Waals surface area contributed by atoms with Crippen molar-refractivity contribution in [3.8, 4) is 0 Å². The second-order valence-corrected chi connectivity index (χ2v) is 13.6. The number of nitrogens with two attached hydrogens (primary N) is 1. The zero-order valence-electron chi connectivity index (χ0n) is 19.1. The van der Waals surface area contributed by atoms with E-state index in [2.05, 4.69) is 11.6 Å². The van der Waals surface area contributed by atoms with Crippen molar-refractivity contribution >= 4 is 46.3 Å². The van der Waals surface area contributed by atoms with Gasteiger partial charge in [-0.25, -0.2) is 38.7 Å². The predicted octanol–water partition coefficient (Wildman–Crippen LogP) is 1.94. The smallest absolute Gasteiger partial charge is 0.321 e. The summed E-state index contributed by atoms with van der Waals surface area (Å²) >= 11 is 0. The number of imidazole rings is 1. The maximum atomic E-state index is 11.5. The van der Waals surface area contributed by atoms with E-state index < -0.39 is 70.4 Å². The molecule has 1 aromatic heterocycles. The van der Waals surface area contributed by atoms with Crippen LogP contribution in [-0.4, -0.2) is 65.3 Å². The zero-order valence-corrected chi connectivity index (χ0v) is 22.4. The largest absolute Gasteiger partial charge is 0.512 e. The first-order valence-electron chi connectivity index (χ1n) is 8.93. The molecule has 0 radical (unpaired) electrons. The number of rotatable bonds is 7. The quantitative estimate of drug-likeness (QED) is 0.351. The van der Waals surface area contributed by atoms with Crippen molar-refractivity contribution in [1.29, 1.82) is 0 Å². The molecule has 0 aliphatic carbocycles. The van der Waals surface area contributed by atoms with E-state index in [0.717, 1.165) is 12.2 Å². The third-order valence-corrected chi connectivity index (χ3v) is 9.27. The van der Waals surface area contributed by atoms with Crippen LogP contribution in [0.3, 0.4) is 0 Å². The topological polar surface area (TPSA) is 204 Å². The molecule has 0 aliphatic rings. The highest BCUT2D eigenvalue weighted by Crippen LogP contribution is 2.28. The summed E-state index contributed by atoms with van der Waals surface area (Å²) in [6.07, 6.45) is 6.17. The van der Waals surface area contributed by atoms with Crippen LogP contribution < -0.4 is 14.0 Å². The Balaban J connectivity index is 0. The van der Waals surface area contributed by atoms with Gasteiger partial charge in [-0.15, -0.1) is 0 Å². The van der Waals surface area contributed by atoms with Crippen LogP contribution in [0.2, 0.25) is 0 Å². The Morgan fingerprint density at radius 3 is 1.22 bits per heavy atom. The standard InChI is InChI=1S/C8H13N3.2C2HF6NO4S2/c1-3-7(9)8-10-5-6-11(8)4-2;2*3-1(4,5)14(10,11)9-15(12,13)2(6,7)8/h4-7H,2-3,9H2,1H3;2*9H. The van der Waals surface area contributed by atoms with Gasteiger partial charge in [0.15, 0.2) is 0 Å². The second-order valence-electron chi connectivity index (χ2n) is 6.35. The van der Waals surface area contributed by atoms with Crippen LogP contribution in [0.25, 0.3) is 6.20 Å². The van der Waals surface area contributed by atoms with Crippen LogP contribution in [0.1, 0.15) is 25.2 Å². The van der Waals surface area contributed by atoms with Gasteiger partial charge in [0.25, 0.3) is 0 Å². The van der Waals surface area contributed by atoms with Gasteiger partial charge in [-0.3, -0.25) is 0 Å². The molecule has 244 valence electrons. The molecule has 0 aliphatic heterocycles. The van der Waals surface area contributed by atoms with Crippen molar-refractivity contribution in [2.45, 2.75) is 41.4 Å². The van der Waals surface area contributed by atoms with E-state index in [0.29, 0.717) is 0 Å². The molecular formula is C12H15F12N5O8S4. The summed E-state index contributed by atoms with van der Waals surface area (Å²) in [5.74, 6) is 0.877. The third-order valence-electron chi connectivity index (χ3n) is 3.32. The Labute approximate surface area is 222 Å². The Hall–Kier alpha value is -2.21. The number of hydrogen-bond donors (Lipinski definition) is 3. The lowest BCUT2D eigenvalue weighted by Gasteiger charge is -2.11. The summed E-state index contributed by atoms with van der Waals surface area (Å²) in [4.78, 5) is 4.12. The fraction of sp³-hybridized carbons (Fsp3) is 0.583. The molecule has 0 saturated heterocycles. The van der Waals surface area contributed by atoms with Crippen molar-refractivity contribution in [1.82, 2.24) is 17.8 Å².